The molecule has 21 heavy (non-hydrogen) atoms. The van der Waals surface area contributed by atoms with Crippen LogP contribution in [-0.2, 0) is 11.2 Å². The van der Waals surface area contributed by atoms with Gasteiger partial charge in [0.2, 0.25) is 0 Å². The summed E-state index contributed by atoms with van der Waals surface area (Å²) in [5.74, 6) is 1.08. The van der Waals surface area contributed by atoms with E-state index in [1.807, 2.05) is 12.1 Å². The van der Waals surface area contributed by atoms with Gasteiger partial charge in [0.15, 0.2) is 0 Å². The van der Waals surface area contributed by atoms with Crippen molar-refractivity contribution in [3.63, 3.8) is 0 Å². The summed E-state index contributed by atoms with van der Waals surface area (Å²) in [6.07, 6.45) is 7.79. The maximum absolute atomic E-state index is 9.31. The number of aryl methyl sites for hydroxylation is 1. The molecule has 2 aliphatic rings. The first kappa shape index (κ1) is 14.9. The van der Waals surface area contributed by atoms with Gasteiger partial charge in [-0.05, 0) is 63.1 Å². The molecule has 1 aliphatic carbocycles. The fraction of sp³-hybridized carbons (Fsp3) is 0.667. The Hall–Kier alpha value is -1.06. The van der Waals surface area contributed by atoms with Crippen molar-refractivity contribution >= 4 is 0 Å². The zero-order chi connectivity index (χ0) is 14.7. The van der Waals surface area contributed by atoms with Gasteiger partial charge in [-0.2, -0.15) is 0 Å². The quantitative estimate of drug-likeness (QED) is 0.874. The molecular weight excluding hydrogens is 262 g/mol. The summed E-state index contributed by atoms with van der Waals surface area (Å²) in [5.41, 5.74) is 1.30. The van der Waals surface area contributed by atoms with Crippen molar-refractivity contribution < 1.29 is 9.84 Å². The molecule has 1 aliphatic heterocycles. The fourth-order valence-electron chi connectivity index (χ4n) is 3.88. The summed E-state index contributed by atoms with van der Waals surface area (Å²) in [7, 11) is 0. The van der Waals surface area contributed by atoms with Crippen LogP contribution in [-0.4, -0.2) is 29.9 Å². The number of phenolic OH excluding ortho intramolecular Hbond substituents is 1. The van der Waals surface area contributed by atoms with Gasteiger partial charge in [0.25, 0.3) is 0 Å². The highest BCUT2D eigenvalue weighted by atomic mass is 16.5. The lowest BCUT2D eigenvalue weighted by atomic mass is 9.81. The van der Waals surface area contributed by atoms with E-state index < -0.39 is 0 Å². The molecule has 3 heteroatoms. The minimum absolute atomic E-state index is 0.347. The van der Waals surface area contributed by atoms with Gasteiger partial charge in [0, 0.05) is 24.6 Å². The number of nitrogens with one attached hydrogen (secondary N) is 1. The third kappa shape index (κ3) is 3.78. The standard InChI is InChI=1S/C18H27NO2/c1-13(5-6-14-7-9-15(20)10-8-14)19-17-3-2-4-18-16(17)11-12-21-18/h7-10,13,16-20H,2-6,11-12H2,1H3/t13-,16-,17-,18+/m1/s1. The van der Waals surface area contributed by atoms with Crippen LogP contribution < -0.4 is 5.32 Å². The smallest absolute Gasteiger partial charge is 0.115 e. The number of benzene rings is 1. The number of phenols is 1. The van der Waals surface area contributed by atoms with Gasteiger partial charge in [0.05, 0.1) is 6.10 Å². The zero-order valence-electron chi connectivity index (χ0n) is 12.9. The normalized spacial score (nSPS) is 30.0. The van der Waals surface area contributed by atoms with Crippen molar-refractivity contribution in [2.24, 2.45) is 5.92 Å². The van der Waals surface area contributed by atoms with Gasteiger partial charge in [0.1, 0.15) is 5.75 Å². The highest BCUT2D eigenvalue weighted by Gasteiger charge is 2.37. The largest absolute Gasteiger partial charge is 0.508 e. The Bertz CT molecular complexity index is 445. The molecule has 3 nitrogen and oxygen atoms in total. The van der Waals surface area contributed by atoms with Crippen molar-refractivity contribution in [1.29, 1.82) is 0 Å². The molecule has 0 unspecified atom stereocenters. The van der Waals surface area contributed by atoms with Crippen LogP contribution in [0, 0.1) is 5.92 Å². The van der Waals surface area contributed by atoms with Crippen molar-refractivity contribution in [2.75, 3.05) is 6.61 Å². The third-order valence-electron chi connectivity index (χ3n) is 5.08. The van der Waals surface area contributed by atoms with Crippen LogP contribution in [0.25, 0.3) is 0 Å². The van der Waals surface area contributed by atoms with Gasteiger partial charge in [-0.15, -0.1) is 0 Å². The van der Waals surface area contributed by atoms with Crippen molar-refractivity contribution in [2.45, 2.75) is 63.6 Å². The monoisotopic (exact) mass is 289 g/mol. The lowest BCUT2D eigenvalue weighted by Gasteiger charge is -2.35. The van der Waals surface area contributed by atoms with E-state index in [0.29, 0.717) is 23.9 Å². The second-order valence-electron chi connectivity index (χ2n) is 6.67. The van der Waals surface area contributed by atoms with Gasteiger partial charge in [-0.3, -0.25) is 0 Å². The molecule has 2 fully saturated rings. The topological polar surface area (TPSA) is 41.5 Å². The molecule has 1 saturated heterocycles. The van der Waals surface area contributed by atoms with Gasteiger partial charge >= 0.3 is 0 Å². The molecule has 0 radical (unpaired) electrons. The average Bonchev–Trinajstić information content (AvgIpc) is 2.96. The highest BCUT2D eigenvalue weighted by molar-refractivity contribution is 5.25. The number of hydrogen-bond acceptors (Lipinski definition) is 3. The summed E-state index contributed by atoms with van der Waals surface area (Å²) < 4.78 is 5.85. The highest BCUT2D eigenvalue weighted by Crippen LogP contribution is 2.34. The van der Waals surface area contributed by atoms with Gasteiger partial charge in [-0.25, -0.2) is 0 Å². The molecule has 0 bridgehead atoms. The SMILES string of the molecule is C[C@H](CCc1ccc(O)cc1)N[C@@H]1CCC[C@@H]2OCC[C@@H]21. The van der Waals surface area contributed by atoms with Crippen LogP contribution in [0.15, 0.2) is 24.3 Å². The Morgan fingerprint density at radius 2 is 2.05 bits per heavy atom. The Kier molecular flexibility index (Phi) is 4.81. The number of aromatic hydroxyl groups is 1. The lowest BCUT2D eigenvalue weighted by molar-refractivity contribution is 0.0513. The second-order valence-corrected chi connectivity index (χ2v) is 6.67. The summed E-state index contributed by atoms with van der Waals surface area (Å²) in [4.78, 5) is 0. The van der Waals surface area contributed by atoms with Crippen molar-refractivity contribution in [3.8, 4) is 5.75 Å². The minimum atomic E-state index is 0.347. The molecule has 4 atom stereocenters. The summed E-state index contributed by atoms with van der Waals surface area (Å²) in [6.45, 7) is 3.25. The van der Waals surface area contributed by atoms with E-state index in [9.17, 15) is 5.11 Å². The molecule has 0 spiro atoms. The zero-order valence-corrected chi connectivity index (χ0v) is 12.9. The maximum Gasteiger partial charge on any atom is 0.115 e. The molecule has 1 heterocycles. The van der Waals surface area contributed by atoms with Crippen LogP contribution in [0.3, 0.4) is 0 Å². The van der Waals surface area contributed by atoms with E-state index in [1.54, 1.807) is 12.1 Å². The van der Waals surface area contributed by atoms with Gasteiger partial charge in [-0.1, -0.05) is 12.1 Å². The summed E-state index contributed by atoms with van der Waals surface area (Å²) in [6, 6.07) is 8.75. The fourth-order valence-corrected chi connectivity index (χ4v) is 3.88. The predicted molar refractivity (Wildman–Crippen MR) is 84.5 cm³/mol. The van der Waals surface area contributed by atoms with Crippen LogP contribution in [0.2, 0.25) is 0 Å². The first-order valence-corrected chi connectivity index (χ1v) is 8.38. The van der Waals surface area contributed by atoms with E-state index in [4.69, 9.17) is 4.74 Å². The number of hydrogen-bond donors (Lipinski definition) is 2. The van der Waals surface area contributed by atoms with Crippen molar-refractivity contribution in [1.82, 2.24) is 5.32 Å². The third-order valence-corrected chi connectivity index (χ3v) is 5.08. The van der Waals surface area contributed by atoms with Crippen molar-refractivity contribution in [3.05, 3.63) is 29.8 Å². The van der Waals surface area contributed by atoms with E-state index in [-0.39, 0.29) is 0 Å². The van der Waals surface area contributed by atoms with E-state index in [0.717, 1.165) is 25.4 Å². The van der Waals surface area contributed by atoms with Crippen LogP contribution in [0.5, 0.6) is 5.75 Å². The predicted octanol–water partition coefficient (Wildman–Crippen LogP) is 3.26. The number of ether oxygens (including phenoxy) is 1. The molecule has 1 saturated carbocycles. The number of fused-ring (bicyclic) bond motifs is 1. The summed E-state index contributed by atoms with van der Waals surface area (Å²) >= 11 is 0. The Labute approximate surface area is 127 Å². The lowest BCUT2D eigenvalue weighted by Crippen LogP contribution is -2.46. The van der Waals surface area contributed by atoms with Crippen LogP contribution >= 0.6 is 0 Å². The first-order chi connectivity index (χ1) is 10.2. The minimum Gasteiger partial charge on any atom is -0.508 e. The number of rotatable bonds is 5. The summed E-state index contributed by atoms with van der Waals surface area (Å²) in [5, 5.41) is 13.2. The molecule has 116 valence electrons. The molecule has 2 N–H and O–H groups in total. The maximum atomic E-state index is 9.31. The first-order valence-electron chi connectivity index (χ1n) is 8.38. The average molecular weight is 289 g/mol. The van der Waals surface area contributed by atoms with Crippen LogP contribution in [0.1, 0.15) is 44.6 Å². The molecule has 0 aromatic heterocycles. The molecule has 1 aromatic carbocycles. The molecule has 3 rings (SSSR count). The molecule has 1 aromatic rings. The Morgan fingerprint density at radius 3 is 2.86 bits per heavy atom. The van der Waals surface area contributed by atoms with Crippen LogP contribution in [0.4, 0.5) is 0 Å². The molecular formula is C18H27NO2. The second kappa shape index (κ2) is 6.80. The van der Waals surface area contributed by atoms with E-state index in [1.165, 1.54) is 31.2 Å². The molecule has 0 amide bonds. The Morgan fingerprint density at radius 1 is 1.24 bits per heavy atom. The Balaban J connectivity index is 1.47. The van der Waals surface area contributed by atoms with E-state index >= 15 is 0 Å². The van der Waals surface area contributed by atoms with E-state index in [2.05, 4.69) is 12.2 Å². The van der Waals surface area contributed by atoms with Gasteiger partial charge < -0.3 is 15.2 Å².